The maximum atomic E-state index is 13.3. The van der Waals surface area contributed by atoms with E-state index in [1.54, 1.807) is 0 Å². The molecule has 1 aliphatic heterocycles. The summed E-state index contributed by atoms with van der Waals surface area (Å²) in [7, 11) is -3.58. The maximum absolute atomic E-state index is 13.3. The number of ether oxygens (including phenoxy) is 1. The molecule has 13 nitrogen and oxygen atoms in total. The van der Waals surface area contributed by atoms with Crippen molar-refractivity contribution in [2.45, 2.75) is 24.4 Å². The first-order valence-electron chi connectivity index (χ1n) is 11.9. The number of methoxy groups -OCH3 is 1. The zero-order valence-electron chi connectivity index (χ0n) is 21.6. The molecule has 0 radical (unpaired) electrons. The number of benzene rings is 3. The number of carbonyl (C=O) groups is 3. The molecule has 14 heteroatoms. The molecule has 1 heterocycles. The summed E-state index contributed by atoms with van der Waals surface area (Å²) in [4.78, 5) is 48.5. The Hall–Kier alpha value is -5.24. The van der Waals surface area contributed by atoms with Gasteiger partial charge in [0.2, 0.25) is 0 Å². The largest absolute Gasteiger partial charge is 0.478 e. The van der Waals surface area contributed by atoms with Crippen molar-refractivity contribution in [1.82, 2.24) is 10.2 Å². The quantitative estimate of drug-likeness (QED) is 0.163. The Bertz CT molecular complexity index is 1680. The smallest absolute Gasteiger partial charge is 0.346 e. The summed E-state index contributed by atoms with van der Waals surface area (Å²) in [5.74, 6) is -2.19. The van der Waals surface area contributed by atoms with Crippen molar-refractivity contribution in [3.8, 4) is 5.75 Å². The number of hydrogen-bond donors (Lipinski definition) is 2. The lowest BCUT2D eigenvalue weighted by Crippen LogP contribution is -2.47. The molecule has 1 aliphatic rings. The minimum absolute atomic E-state index is 0.0189. The van der Waals surface area contributed by atoms with Crippen molar-refractivity contribution in [3.63, 3.8) is 0 Å². The average Bonchev–Trinajstić information content (AvgIpc) is 2.95. The normalized spacial score (nSPS) is 15.2. The summed E-state index contributed by atoms with van der Waals surface area (Å²) < 4.78 is 36.5. The molecule has 4 rings (SSSR count). The van der Waals surface area contributed by atoms with Crippen LogP contribution in [0.2, 0.25) is 0 Å². The van der Waals surface area contributed by atoms with Gasteiger partial charge in [-0.2, -0.15) is 8.42 Å². The number of aromatic carboxylic acids is 1. The number of carboxylic acids is 1. The monoisotopic (exact) mass is 581 g/mol. The Kier molecular flexibility index (Phi) is 8.05. The van der Waals surface area contributed by atoms with Gasteiger partial charge < -0.3 is 19.3 Å². The van der Waals surface area contributed by atoms with Crippen LogP contribution < -0.4 is 9.50 Å². The number of nitrogens with one attached hydrogen (secondary N) is 1. The minimum atomic E-state index is -4.72. The average molecular weight is 582 g/mol. The summed E-state index contributed by atoms with van der Waals surface area (Å²) >= 11 is 0. The van der Waals surface area contributed by atoms with Gasteiger partial charge in [0, 0.05) is 17.3 Å². The van der Waals surface area contributed by atoms with E-state index in [0.29, 0.717) is 5.56 Å². The molecule has 3 aromatic carbocycles. The second-order valence-corrected chi connectivity index (χ2v) is 10.3. The SMILES string of the molecule is COC(=O)C1=C(C)N(Cc2ccc(C(=O)O)cc2)C(=O)NC1c1ccccc1OS(=O)(=O)c1ccccc1[N+](=O)[O-]. The highest BCUT2D eigenvalue weighted by Gasteiger charge is 2.38. The fourth-order valence-electron chi connectivity index (χ4n) is 4.29. The molecule has 212 valence electrons. The van der Waals surface area contributed by atoms with Crippen molar-refractivity contribution in [1.29, 1.82) is 0 Å². The number of nitro groups is 1. The van der Waals surface area contributed by atoms with E-state index in [-0.39, 0.29) is 34.7 Å². The van der Waals surface area contributed by atoms with Crippen LogP contribution in [-0.2, 0) is 26.2 Å². The molecule has 0 bridgehead atoms. The highest BCUT2D eigenvalue weighted by Crippen LogP contribution is 2.38. The number of para-hydroxylation sites is 2. The first kappa shape index (κ1) is 28.8. The third-order valence-electron chi connectivity index (χ3n) is 6.30. The highest BCUT2D eigenvalue weighted by molar-refractivity contribution is 7.87. The van der Waals surface area contributed by atoms with Crippen LogP contribution in [-0.4, -0.2) is 48.4 Å². The topological polar surface area (TPSA) is 182 Å². The van der Waals surface area contributed by atoms with Crippen LogP contribution in [0.15, 0.2) is 89.0 Å². The van der Waals surface area contributed by atoms with Crippen molar-refractivity contribution < 1.29 is 41.8 Å². The van der Waals surface area contributed by atoms with E-state index >= 15 is 0 Å². The van der Waals surface area contributed by atoms with Gasteiger partial charge in [-0.1, -0.05) is 42.5 Å². The number of urea groups is 1. The van der Waals surface area contributed by atoms with E-state index in [1.807, 2.05) is 0 Å². The summed E-state index contributed by atoms with van der Waals surface area (Å²) in [5, 5.41) is 23.2. The Morgan fingerprint density at radius 3 is 2.32 bits per heavy atom. The van der Waals surface area contributed by atoms with Gasteiger partial charge in [0.05, 0.1) is 35.8 Å². The molecule has 0 aliphatic carbocycles. The van der Waals surface area contributed by atoms with Gasteiger partial charge in [0.25, 0.3) is 5.69 Å². The minimum Gasteiger partial charge on any atom is -0.478 e. The predicted octanol–water partition coefficient (Wildman–Crippen LogP) is 3.77. The van der Waals surface area contributed by atoms with E-state index in [9.17, 15) is 32.9 Å². The molecule has 2 amide bonds. The van der Waals surface area contributed by atoms with Gasteiger partial charge in [-0.3, -0.25) is 15.0 Å². The Balaban J connectivity index is 1.74. The van der Waals surface area contributed by atoms with Gasteiger partial charge in [0.15, 0.2) is 4.90 Å². The Labute approximate surface area is 233 Å². The number of esters is 1. The van der Waals surface area contributed by atoms with Crippen LogP contribution in [0, 0.1) is 10.1 Å². The number of nitrogens with zero attached hydrogens (tertiary/aromatic N) is 2. The fraction of sp³-hybridized carbons (Fsp3) is 0.148. The van der Waals surface area contributed by atoms with E-state index < -0.39 is 49.6 Å². The van der Waals surface area contributed by atoms with Crippen molar-refractivity contribution in [2.24, 2.45) is 0 Å². The lowest BCUT2D eigenvalue weighted by molar-refractivity contribution is -0.387. The second kappa shape index (κ2) is 11.5. The first-order chi connectivity index (χ1) is 19.4. The summed E-state index contributed by atoms with van der Waals surface area (Å²) in [5.41, 5.74) is 0.207. The number of carbonyl (C=O) groups excluding carboxylic acids is 2. The number of allylic oxidation sites excluding steroid dienone is 1. The van der Waals surface area contributed by atoms with Gasteiger partial charge in [0.1, 0.15) is 5.75 Å². The molecule has 41 heavy (non-hydrogen) atoms. The standard InChI is InChI=1S/C27H23N3O10S/c1-16-23(26(33)39-2)24(28-27(34)29(16)15-17-11-13-18(14-12-17)25(31)32)19-7-3-5-9-21(19)40-41(37,38)22-10-6-4-8-20(22)30(35)36/h3-14,24H,15H2,1-2H3,(H,28,34)(H,31,32). The fourth-order valence-corrected chi connectivity index (χ4v) is 5.41. The third kappa shape index (κ3) is 5.86. The molecule has 1 atom stereocenters. The van der Waals surface area contributed by atoms with E-state index in [4.69, 9.17) is 14.0 Å². The predicted molar refractivity (Wildman–Crippen MR) is 142 cm³/mol. The molecule has 0 spiro atoms. The Morgan fingerprint density at radius 2 is 1.68 bits per heavy atom. The van der Waals surface area contributed by atoms with Crippen LogP contribution in [0.4, 0.5) is 10.5 Å². The third-order valence-corrected chi connectivity index (χ3v) is 7.59. The number of rotatable bonds is 9. The van der Waals surface area contributed by atoms with Crippen LogP contribution in [0.5, 0.6) is 5.75 Å². The molecule has 3 aromatic rings. The maximum Gasteiger partial charge on any atom is 0.346 e. The first-order valence-corrected chi connectivity index (χ1v) is 13.3. The molecule has 0 fully saturated rings. The van der Waals surface area contributed by atoms with Crippen molar-refractivity contribution >= 4 is 33.8 Å². The number of nitro benzene ring substituents is 1. The second-order valence-electron chi connectivity index (χ2n) is 8.76. The van der Waals surface area contributed by atoms with Gasteiger partial charge >= 0.3 is 28.1 Å². The molecule has 0 saturated heterocycles. The van der Waals surface area contributed by atoms with Crippen LogP contribution in [0.1, 0.15) is 34.5 Å². The molecule has 2 N–H and O–H groups in total. The number of amides is 2. The number of carboxylic acid groups (broad SMARTS) is 1. The molecule has 0 aromatic heterocycles. The zero-order chi connectivity index (χ0) is 29.9. The lowest BCUT2D eigenvalue weighted by Gasteiger charge is -2.35. The van der Waals surface area contributed by atoms with Crippen LogP contribution >= 0.6 is 0 Å². The van der Waals surface area contributed by atoms with E-state index in [2.05, 4.69) is 5.32 Å². The van der Waals surface area contributed by atoms with E-state index in [0.717, 1.165) is 19.2 Å². The van der Waals surface area contributed by atoms with E-state index in [1.165, 1.54) is 72.5 Å². The highest BCUT2D eigenvalue weighted by atomic mass is 32.2. The molecule has 1 unspecified atom stereocenters. The van der Waals surface area contributed by atoms with Gasteiger partial charge in [-0.25, -0.2) is 14.4 Å². The molecule has 0 saturated carbocycles. The zero-order valence-corrected chi connectivity index (χ0v) is 22.5. The van der Waals surface area contributed by atoms with Crippen LogP contribution in [0.25, 0.3) is 0 Å². The van der Waals surface area contributed by atoms with Gasteiger partial charge in [-0.05, 0) is 36.8 Å². The number of hydrogen-bond acceptors (Lipinski definition) is 9. The van der Waals surface area contributed by atoms with Crippen LogP contribution in [0.3, 0.4) is 0 Å². The summed E-state index contributed by atoms with van der Waals surface area (Å²) in [6.45, 7) is 1.49. The van der Waals surface area contributed by atoms with Gasteiger partial charge in [-0.15, -0.1) is 0 Å². The summed E-state index contributed by atoms with van der Waals surface area (Å²) in [6.07, 6.45) is 0. The molecular formula is C27H23N3O10S. The van der Waals surface area contributed by atoms with Crippen molar-refractivity contribution in [2.75, 3.05) is 7.11 Å². The molecular weight excluding hydrogens is 558 g/mol. The van der Waals surface area contributed by atoms with Crippen molar-refractivity contribution in [3.05, 3.63) is 111 Å². The lowest BCUT2D eigenvalue weighted by atomic mass is 9.94. The Morgan fingerprint density at radius 1 is 1.05 bits per heavy atom. The summed E-state index contributed by atoms with van der Waals surface area (Å²) in [6, 6.07) is 14.4.